The molecule has 2 heterocycles. The molecule has 2 N–H and O–H groups in total. The summed E-state index contributed by atoms with van der Waals surface area (Å²) in [6.45, 7) is 13.2. The zero-order valence-electron chi connectivity index (χ0n) is 18.3. The van der Waals surface area contributed by atoms with Gasteiger partial charge in [0.15, 0.2) is 11.8 Å². The third-order valence-corrected chi connectivity index (χ3v) is 5.21. The summed E-state index contributed by atoms with van der Waals surface area (Å²) < 4.78 is 2.06. The SMILES string of the molecule is CCNC(=NCC(C)c1cccc(C)c1)NC1CCc2nc(C(C)C)nn2C1.I. The van der Waals surface area contributed by atoms with Crippen LogP contribution in [0.4, 0.5) is 0 Å². The lowest BCUT2D eigenvalue weighted by molar-refractivity contribution is 0.391. The Hall–Kier alpha value is -1.64. The molecule has 0 radical (unpaired) electrons. The Balaban J connectivity index is 0.00000300. The molecule has 0 saturated carbocycles. The molecule has 0 bridgehead atoms. The summed E-state index contributed by atoms with van der Waals surface area (Å²) in [7, 11) is 0. The van der Waals surface area contributed by atoms with Gasteiger partial charge in [-0.15, -0.1) is 24.0 Å². The van der Waals surface area contributed by atoms with Crippen LogP contribution in [0.25, 0.3) is 0 Å². The zero-order chi connectivity index (χ0) is 20.1. The topological polar surface area (TPSA) is 67.1 Å². The van der Waals surface area contributed by atoms with Crippen molar-refractivity contribution in [2.75, 3.05) is 13.1 Å². The van der Waals surface area contributed by atoms with Crippen LogP contribution in [0.1, 0.15) is 68.7 Å². The maximum atomic E-state index is 4.85. The highest BCUT2D eigenvalue weighted by molar-refractivity contribution is 14.0. The van der Waals surface area contributed by atoms with Crippen molar-refractivity contribution in [1.29, 1.82) is 0 Å². The van der Waals surface area contributed by atoms with Crippen molar-refractivity contribution in [2.24, 2.45) is 4.99 Å². The maximum Gasteiger partial charge on any atom is 0.191 e. The molecule has 1 aromatic carbocycles. The lowest BCUT2D eigenvalue weighted by atomic mass is 10.00. The van der Waals surface area contributed by atoms with Gasteiger partial charge in [-0.2, -0.15) is 5.10 Å². The van der Waals surface area contributed by atoms with Gasteiger partial charge in [0.2, 0.25) is 0 Å². The van der Waals surface area contributed by atoms with E-state index in [2.05, 4.69) is 84.3 Å². The molecule has 0 aliphatic carbocycles. The summed E-state index contributed by atoms with van der Waals surface area (Å²) >= 11 is 0. The van der Waals surface area contributed by atoms with Gasteiger partial charge in [0.05, 0.1) is 6.54 Å². The molecule has 0 fully saturated rings. The van der Waals surface area contributed by atoms with Crippen molar-refractivity contribution in [3.8, 4) is 0 Å². The molecule has 29 heavy (non-hydrogen) atoms. The largest absolute Gasteiger partial charge is 0.357 e. The van der Waals surface area contributed by atoms with Gasteiger partial charge in [-0.1, -0.05) is 50.6 Å². The summed E-state index contributed by atoms with van der Waals surface area (Å²) in [5, 5.41) is 11.7. The molecular weight excluding hydrogens is 475 g/mol. The fourth-order valence-corrected chi connectivity index (χ4v) is 3.51. The molecule has 1 aliphatic heterocycles. The van der Waals surface area contributed by atoms with Crippen LogP contribution in [0.2, 0.25) is 0 Å². The molecule has 0 saturated heterocycles. The van der Waals surface area contributed by atoms with E-state index in [-0.39, 0.29) is 24.0 Å². The quantitative estimate of drug-likeness (QED) is 0.350. The Labute approximate surface area is 192 Å². The third kappa shape index (κ3) is 6.42. The number of guanidine groups is 1. The minimum atomic E-state index is 0. The summed E-state index contributed by atoms with van der Waals surface area (Å²) in [5.74, 6) is 3.70. The van der Waals surface area contributed by atoms with Gasteiger partial charge in [0.1, 0.15) is 5.82 Å². The van der Waals surface area contributed by atoms with Crippen molar-refractivity contribution in [3.63, 3.8) is 0 Å². The van der Waals surface area contributed by atoms with Gasteiger partial charge in [0.25, 0.3) is 0 Å². The number of nitrogens with one attached hydrogen (secondary N) is 2. The molecule has 2 atom stereocenters. The molecular formula is C22H35IN6. The van der Waals surface area contributed by atoms with E-state index in [0.717, 1.165) is 50.1 Å². The van der Waals surface area contributed by atoms with Crippen LogP contribution >= 0.6 is 24.0 Å². The van der Waals surface area contributed by atoms with Crippen molar-refractivity contribution >= 4 is 29.9 Å². The molecule has 1 aliphatic rings. The van der Waals surface area contributed by atoms with Crippen molar-refractivity contribution < 1.29 is 0 Å². The van der Waals surface area contributed by atoms with E-state index in [4.69, 9.17) is 4.99 Å². The highest BCUT2D eigenvalue weighted by Gasteiger charge is 2.23. The lowest BCUT2D eigenvalue weighted by Crippen LogP contribution is -2.47. The van der Waals surface area contributed by atoms with Gasteiger partial charge in [-0.05, 0) is 25.8 Å². The van der Waals surface area contributed by atoms with Gasteiger partial charge in [0, 0.05) is 37.4 Å². The van der Waals surface area contributed by atoms with Crippen LogP contribution < -0.4 is 10.6 Å². The second kappa shape index (κ2) is 10.9. The maximum absolute atomic E-state index is 4.85. The van der Waals surface area contributed by atoms with Crippen LogP contribution in [-0.2, 0) is 13.0 Å². The first-order chi connectivity index (χ1) is 13.5. The molecule has 0 spiro atoms. The monoisotopic (exact) mass is 510 g/mol. The highest BCUT2D eigenvalue weighted by Crippen LogP contribution is 2.18. The number of benzene rings is 1. The van der Waals surface area contributed by atoms with Crippen LogP contribution in [0.15, 0.2) is 29.3 Å². The number of halogens is 1. The number of aryl methyl sites for hydroxylation is 2. The lowest BCUT2D eigenvalue weighted by Gasteiger charge is -2.25. The van der Waals surface area contributed by atoms with E-state index in [0.29, 0.717) is 17.9 Å². The fourth-order valence-electron chi connectivity index (χ4n) is 3.51. The minimum Gasteiger partial charge on any atom is -0.357 e. The summed E-state index contributed by atoms with van der Waals surface area (Å²) in [4.78, 5) is 9.53. The Bertz CT molecular complexity index is 813. The van der Waals surface area contributed by atoms with Crippen molar-refractivity contribution in [2.45, 2.75) is 71.9 Å². The number of hydrogen-bond acceptors (Lipinski definition) is 3. The van der Waals surface area contributed by atoms with Gasteiger partial charge in [-0.3, -0.25) is 4.99 Å². The molecule has 0 amide bonds. The fraction of sp³-hybridized carbons (Fsp3) is 0.591. The van der Waals surface area contributed by atoms with Gasteiger partial charge < -0.3 is 10.6 Å². The van der Waals surface area contributed by atoms with Crippen LogP contribution in [0.5, 0.6) is 0 Å². The standard InChI is InChI=1S/C22H34N6.HI/c1-6-23-22(24-13-17(5)18-9-7-8-16(4)12-18)25-19-10-11-20-26-21(15(2)3)27-28(20)14-19;/h7-9,12,15,17,19H,6,10-11,13-14H2,1-5H3,(H2,23,24,25);1H. The summed E-state index contributed by atoms with van der Waals surface area (Å²) in [6, 6.07) is 9.02. The molecule has 7 heteroatoms. The van der Waals surface area contributed by atoms with Crippen molar-refractivity contribution in [3.05, 3.63) is 47.0 Å². The van der Waals surface area contributed by atoms with E-state index in [1.807, 2.05) is 0 Å². The summed E-state index contributed by atoms with van der Waals surface area (Å²) in [6.07, 6.45) is 2.00. The molecule has 2 aromatic rings. The van der Waals surface area contributed by atoms with Gasteiger partial charge >= 0.3 is 0 Å². The van der Waals surface area contributed by atoms with Crippen molar-refractivity contribution in [1.82, 2.24) is 25.4 Å². The Morgan fingerprint density at radius 2 is 2.10 bits per heavy atom. The number of rotatable bonds is 6. The predicted molar refractivity (Wildman–Crippen MR) is 130 cm³/mol. The predicted octanol–water partition coefficient (Wildman–Crippen LogP) is 4.00. The highest BCUT2D eigenvalue weighted by atomic mass is 127. The van der Waals surface area contributed by atoms with E-state index in [1.165, 1.54) is 11.1 Å². The molecule has 160 valence electrons. The van der Waals surface area contributed by atoms with Crippen LogP contribution in [-0.4, -0.2) is 39.9 Å². The number of nitrogens with zero attached hydrogens (tertiary/aromatic N) is 4. The molecule has 2 unspecified atom stereocenters. The Morgan fingerprint density at radius 3 is 2.79 bits per heavy atom. The second-order valence-corrected chi connectivity index (χ2v) is 8.14. The summed E-state index contributed by atoms with van der Waals surface area (Å²) in [5.41, 5.74) is 2.63. The zero-order valence-corrected chi connectivity index (χ0v) is 20.6. The normalized spacial score (nSPS) is 17.4. The average molecular weight is 510 g/mol. The van der Waals surface area contributed by atoms with Crippen LogP contribution in [0, 0.1) is 6.92 Å². The smallest absolute Gasteiger partial charge is 0.191 e. The Kier molecular flexibility index (Phi) is 8.92. The average Bonchev–Trinajstić information content (AvgIpc) is 3.10. The van der Waals surface area contributed by atoms with E-state index >= 15 is 0 Å². The second-order valence-electron chi connectivity index (χ2n) is 8.14. The Morgan fingerprint density at radius 1 is 1.31 bits per heavy atom. The first-order valence-electron chi connectivity index (χ1n) is 10.5. The number of aliphatic imine (C=N–C) groups is 1. The number of aromatic nitrogens is 3. The number of fused-ring (bicyclic) bond motifs is 1. The van der Waals surface area contributed by atoms with E-state index < -0.39 is 0 Å². The molecule has 1 aromatic heterocycles. The first kappa shape index (κ1) is 23.6. The van der Waals surface area contributed by atoms with Gasteiger partial charge in [-0.25, -0.2) is 9.67 Å². The van der Waals surface area contributed by atoms with E-state index in [1.54, 1.807) is 0 Å². The first-order valence-corrected chi connectivity index (χ1v) is 10.5. The molecule has 6 nitrogen and oxygen atoms in total. The number of hydrogen-bond donors (Lipinski definition) is 2. The van der Waals surface area contributed by atoms with E-state index in [9.17, 15) is 0 Å². The minimum absolute atomic E-state index is 0. The third-order valence-electron chi connectivity index (χ3n) is 5.21. The van der Waals surface area contributed by atoms with Crippen LogP contribution in [0.3, 0.4) is 0 Å². The molecule has 3 rings (SSSR count).